The predicted molar refractivity (Wildman–Crippen MR) is 110 cm³/mol. The van der Waals surface area contributed by atoms with E-state index in [0.717, 1.165) is 32.6 Å². The maximum atomic E-state index is 13.1. The lowest BCUT2D eigenvalue weighted by molar-refractivity contribution is 0.0186. The Hall–Kier alpha value is -2.88. The topological polar surface area (TPSA) is 89.7 Å². The van der Waals surface area contributed by atoms with Gasteiger partial charge in [0.25, 0.3) is 11.5 Å². The summed E-state index contributed by atoms with van der Waals surface area (Å²) in [6.45, 7) is 0.622. The Morgan fingerprint density at radius 2 is 1.97 bits per heavy atom. The number of fused-ring (bicyclic) bond motifs is 1. The van der Waals surface area contributed by atoms with Gasteiger partial charge < -0.3 is 15.2 Å². The van der Waals surface area contributed by atoms with E-state index in [1.807, 2.05) is 0 Å². The quantitative estimate of drug-likeness (QED) is 0.641. The zero-order chi connectivity index (χ0) is 21.3. The van der Waals surface area contributed by atoms with E-state index in [1.165, 1.54) is 4.57 Å². The molecule has 1 saturated carbocycles. The van der Waals surface area contributed by atoms with Crippen LogP contribution in [0.5, 0.6) is 0 Å². The first-order valence-electron chi connectivity index (χ1n) is 10.0. The van der Waals surface area contributed by atoms with Gasteiger partial charge in [0.2, 0.25) is 5.95 Å². The third-order valence-corrected chi connectivity index (χ3v) is 5.49. The summed E-state index contributed by atoms with van der Waals surface area (Å²) >= 11 is 0. The predicted octanol–water partition coefficient (Wildman–Crippen LogP) is 2.48. The molecular formula is C20H25F2N7O. The Balaban J connectivity index is 1.53. The Morgan fingerprint density at radius 1 is 1.23 bits per heavy atom. The molecule has 3 aromatic rings. The summed E-state index contributed by atoms with van der Waals surface area (Å²) in [5, 5.41) is 6.41. The summed E-state index contributed by atoms with van der Waals surface area (Å²) in [7, 11) is 1.69. The molecule has 0 saturated heterocycles. The van der Waals surface area contributed by atoms with Crippen LogP contribution in [0.15, 0.2) is 35.8 Å². The highest BCUT2D eigenvalue weighted by Gasteiger charge is 2.26. The molecular weight excluding hydrogens is 392 g/mol. The van der Waals surface area contributed by atoms with Gasteiger partial charge in [-0.1, -0.05) is 0 Å². The molecule has 10 heteroatoms. The van der Waals surface area contributed by atoms with Gasteiger partial charge in [-0.05, 0) is 25.7 Å². The number of pyridine rings is 1. The Labute approximate surface area is 172 Å². The first-order valence-corrected chi connectivity index (χ1v) is 10.0. The van der Waals surface area contributed by atoms with Crippen LogP contribution in [-0.4, -0.2) is 48.6 Å². The number of nitrogens with zero attached hydrogens (tertiary/aromatic N) is 5. The highest BCUT2D eigenvalue weighted by molar-refractivity contribution is 5.87. The fraction of sp³-hybridized carbons (Fsp3) is 0.500. The molecule has 1 fully saturated rings. The lowest BCUT2D eigenvalue weighted by atomic mass is 9.91. The van der Waals surface area contributed by atoms with Crippen LogP contribution in [0, 0.1) is 0 Å². The molecule has 0 unspecified atom stereocenters. The van der Waals surface area contributed by atoms with Crippen molar-refractivity contribution in [1.82, 2.24) is 29.4 Å². The molecule has 0 atom stereocenters. The van der Waals surface area contributed by atoms with E-state index >= 15 is 0 Å². The van der Waals surface area contributed by atoms with Crippen LogP contribution in [0.2, 0.25) is 0 Å². The zero-order valence-corrected chi connectivity index (χ0v) is 17.0. The SMILES string of the molecule is Cn1c(=O)cc(N[C@H]2CC[C@H](NCC(C)(F)F)CC2)c2nc(-n3ccnc3)ncc21. The van der Waals surface area contributed by atoms with E-state index in [9.17, 15) is 13.6 Å². The van der Waals surface area contributed by atoms with E-state index in [0.29, 0.717) is 22.7 Å². The number of alkyl halides is 2. The van der Waals surface area contributed by atoms with Gasteiger partial charge in [0.1, 0.15) is 11.8 Å². The van der Waals surface area contributed by atoms with E-state index in [1.54, 1.807) is 42.6 Å². The van der Waals surface area contributed by atoms with E-state index in [4.69, 9.17) is 0 Å². The Kier molecular flexibility index (Phi) is 5.50. The highest BCUT2D eigenvalue weighted by Crippen LogP contribution is 2.26. The summed E-state index contributed by atoms with van der Waals surface area (Å²) < 4.78 is 29.4. The third kappa shape index (κ3) is 4.48. The lowest BCUT2D eigenvalue weighted by Crippen LogP contribution is -2.41. The monoisotopic (exact) mass is 417 g/mol. The molecule has 1 aliphatic carbocycles. The smallest absolute Gasteiger partial charge is 0.257 e. The molecule has 0 spiro atoms. The fourth-order valence-corrected chi connectivity index (χ4v) is 3.81. The number of anilines is 1. The summed E-state index contributed by atoms with van der Waals surface area (Å²) in [4.78, 5) is 25.4. The van der Waals surface area contributed by atoms with Crippen molar-refractivity contribution in [1.29, 1.82) is 0 Å². The standard InChI is InChI=1S/C20H25F2N7O/c1-20(21,22)11-25-13-3-5-14(6-4-13)26-15-9-17(30)28(2)16-10-24-19(27-18(15)16)29-8-7-23-12-29/h7-10,12-14,25-26H,3-6,11H2,1-2H3/t13-,14-. The highest BCUT2D eigenvalue weighted by atomic mass is 19.3. The van der Waals surface area contributed by atoms with Gasteiger partial charge in [0.05, 0.1) is 23.9 Å². The van der Waals surface area contributed by atoms with Gasteiger partial charge in [-0.3, -0.25) is 9.36 Å². The third-order valence-electron chi connectivity index (χ3n) is 5.49. The number of rotatable bonds is 6. The van der Waals surface area contributed by atoms with E-state index < -0.39 is 5.92 Å². The van der Waals surface area contributed by atoms with Crippen molar-refractivity contribution in [2.24, 2.45) is 7.05 Å². The molecule has 1 aliphatic rings. The van der Waals surface area contributed by atoms with Crippen molar-refractivity contribution in [2.45, 2.75) is 50.6 Å². The summed E-state index contributed by atoms with van der Waals surface area (Å²) in [6, 6.07) is 1.78. The second-order valence-electron chi connectivity index (χ2n) is 7.97. The molecule has 8 nitrogen and oxygen atoms in total. The maximum absolute atomic E-state index is 13.1. The maximum Gasteiger partial charge on any atom is 0.257 e. The number of hydrogen-bond donors (Lipinski definition) is 2. The second kappa shape index (κ2) is 8.10. The van der Waals surface area contributed by atoms with Crippen LogP contribution in [0.25, 0.3) is 17.0 Å². The minimum absolute atomic E-state index is 0.0874. The average molecular weight is 417 g/mol. The zero-order valence-electron chi connectivity index (χ0n) is 17.0. The van der Waals surface area contributed by atoms with Crippen molar-refractivity contribution in [3.63, 3.8) is 0 Å². The number of nitrogens with one attached hydrogen (secondary N) is 2. The van der Waals surface area contributed by atoms with E-state index in [2.05, 4.69) is 25.6 Å². The lowest BCUT2D eigenvalue weighted by Gasteiger charge is -2.31. The molecule has 0 aromatic carbocycles. The molecule has 30 heavy (non-hydrogen) atoms. The van der Waals surface area contributed by atoms with Gasteiger partial charge in [0.15, 0.2) is 0 Å². The van der Waals surface area contributed by atoms with Crippen LogP contribution < -0.4 is 16.2 Å². The molecule has 160 valence electrons. The van der Waals surface area contributed by atoms with Crippen LogP contribution in [0.4, 0.5) is 14.5 Å². The second-order valence-corrected chi connectivity index (χ2v) is 7.97. The molecule has 0 aliphatic heterocycles. The van der Waals surface area contributed by atoms with E-state index in [-0.39, 0.29) is 24.2 Å². The van der Waals surface area contributed by atoms with Gasteiger partial charge in [-0.2, -0.15) is 0 Å². The molecule has 0 radical (unpaired) electrons. The summed E-state index contributed by atoms with van der Waals surface area (Å²) in [5.74, 6) is -2.24. The Morgan fingerprint density at radius 3 is 2.63 bits per heavy atom. The van der Waals surface area contributed by atoms with Crippen LogP contribution in [0.3, 0.4) is 0 Å². The first kappa shape index (κ1) is 20.4. The molecule has 3 heterocycles. The van der Waals surface area contributed by atoms with Crippen molar-refractivity contribution in [3.8, 4) is 5.95 Å². The number of halogens is 2. The number of aromatic nitrogens is 5. The van der Waals surface area contributed by atoms with Crippen molar-refractivity contribution in [3.05, 3.63) is 41.3 Å². The molecule has 0 bridgehead atoms. The van der Waals surface area contributed by atoms with Crippen LogP contribution >= 0.6 is 0 Å². The molecule has 2 N–H and O–H groups in total. The van der Waals surface area contributed by atoms with Gasteiger partial charge >= 0.3 is 0 Å². The average Bonchev–Trinajstić information content (AvgIpc) is 3.25. The number of imidazole rings is 1. The molecule has 3 aromatic heterocycles. The Bertz CT molecular complexity index is 1070. The van der Waals surface area contributed by atoms with Crippen LogP contribution in [-0.2, 0) is 7.05 Å². The van der Waals surface area contributed by atoms with Gasteiger partial charge in [-0.25, -0.2) is 23.7 Å². The first-order chi connectivity index (χ1) is 14.3. The largest absolute Gasteiger partial charge is 0.380 e. The van der Waals surface area contributed by atoms with Crippen molar-refractivity contribution in [2.75, 3.05) is 11.9 Å². The molecule has 4 rings (SSSR count). The van der Waals surface area contributed by atoms with Crippen molar-refractivity contribution >= 4 is 16.7 Å². The van der Waals surface area contributed by atoms with Gasteiger partial charge in [0, 0.05) is 44.5 Å². The van der Waals surface area contributed by atoms with Crippen molar-refractivity contribution < 1.29 is 8.78 Å². The van der Waals surface area contributed by atoms with Gasteiger partial charge in [-0.15, -0.1) is 0 Å². The minimum atomic E-state index is -2.70. The summed E-state index contributed by atoms with van der Waals surface area (Å²) in [6.07, 6.45) is 9.89. The normalized spacial score (nSPS) is 19.9. The fourth-order valence-electron chi connectivity index (χ4n) is 3.81. The molecule has 0 amide bonds. The number of hydrogen-bond acceptors (Lipinski definition) is 6. The van der Waals surface area contributed by atoms with Crippen LogP contribution in [0.1, 0.15) is 32.6 Å². The summed E-state index contributed by atoms with van der Waals surface area (Å²) in [5.41, 5.74) is 1.80. The number of aryl methyl sites for hydroxylation is 1. The minimum Gasteiger partial charge on any atom is -0.380 e.